The number of unbranched alkanes of at least 4 members (excludes halogenated alkanes) is 32. The predicted molar refractivity (Wildman–Crippen MR) is 276 cm³/mol. The first kappa shape index (κ1) is 59.8. The van der Waals surface area contributed by atoms with Crippen molar-refractivity contribution in [1.29, 1.82) is 0 Å². The standard InChI is InChI=1S/C58H105NO3/c1-3-5-7-9-11-13-15-17-19-21-23-25-27-28-29-30-32-34-36-38-40-42-44-46-48-50-52-54-58(62)59-56(55-60)57(61)53-51-49-47-45-43-41-39-37-35-33-31-26-24-22-20-18-16-14-12-10-8-6-4-2/h5,7,11,13,17,19,23,25,43,45,51,53,56-57,60-61H,3-4,6,8-10,12,14-16,18,20-22,24,26-42,44,46-50,52,54-55H2,1-2H3,(H,59,62)/b7-5-,13-11-,19-17-,25-23-,45-43+,53-51+. The van der Waals surface area contributed by atoms with Crippen LogP contribution in [0, 0.1) is 0 Å². The Morgan fingerprint density at radius 1 is 0.403 bits per heavy atom. The number of hydrogen-bond donors (Lipinski definition) is 3. The molecular weight excluding hydrogens is 759 g/mol. The van der Waals surface area contributed by atoms with Crippen LogP contribution in [0.5, 0.6) is 0 Å². The van der Waals surface area contributed by atoms with Gasteiger partial charge in [0, 0.05) is 6.42 Å². The Bertz CT molecular complexity index is 1070. The largest absolute Gasteiger partial charge is 0.394 e. The highest BCUT2D eigenvalue weighted by Gasteiger charge is 2.17. The Balaban J connectivity index is 3.55. The Morgan fingerprint density at radius 2 is 0.726 bits per heavy atom. The molecule has 4 heteroatoms. The molecule has 0 aliphatic carbocycles. The molecule has 0 aliphatic heterocycles. The van der Waals surface area contributed by atoms with Gasteiger partial charge in [-0.2, -0.15) is 0 Å². The molecule has 0 saturated heterocycles. The van der Waals surface area contributed by atoms with Crippen molar-refractivity contribution in [3.8, 4) is 0 Å². The topological polar surface area (TPSA) is 69.6 Å². The van der Waals surface area contributed by atoms with Gasteiger partial charge in [-0.05, 0) is 70.6 Å². The molecule has 0 aromatic heterocycles. The first-order valence-electron chi connectivity index (χ1n) is 27.2. The van der Waals surface area contributed by atoms with Crippen LogP contribution in [0.25, 0.3) is 0 Å². The molecule has 0 heterocycles. The van der Waals surface area contributed by atoms with Crippen LogP contribution in [-0.4, -0.2) is 34.9 Å². The van der Waals surface area contributed by atoms with Crippen molar-refractivity contribution in [3.05, 3.63) is 72.9 Å². The fourth-order valence-corrected chi connectivity index (χ4v) is 8.07. The summed E-state index contributed by atoms with van der Waals surface area (Å²) in [7, 11) is 0. The highest BCUT2D eigenvalue weighted by Crippen LogP contribution is 2.16. The first-order chi connectivity index (χ1) is 30.7. The summed E-state index contributed by atoms with van der Waals surface area (Å²) in [6.45, 7) is 4.20. The maximum atomic E-state index is 12.5. The lowest BCUT2D eigenvalue weighted by Gasteiger charge is -2.19. The Kier molecular flexibility index (Phi) is 51.3. The third-order valence-corrected chi connectivity index (χ3v) is 12.2. The van der Waals surface area contributed by atoms with Crippen LogP contribution >= 0.6 is 0 Å². The van der Waals surface area contributed by atoms with Crippen LogP contribution in [0.2, 0.25) is 0 Å². The van der Waals surface area contributed by atoms with Crippen LogP contribution in [0.3, 0.4) is 0 Å². The van der Waals surface area contributed by atoms with Crippen molar-refractivity contribution >= 4 is 5.91 Å². The normalized spacial score (nSPS) is 13.4. The summed E-state index contributed by atoms with van der Waals surface area (Å²) >= 11 is 0. The lowest BCUT2D eigenvalue weighted by molar-refractivity contribution is -0.123. The maximum Gasteiger partial charge on any atom is 0.220 e. The predicted octanol–water partition coefficient (Wildman–Crippen LogP) is 17.8. The van der Waals surface area contributed by atoms with E-state index in [9.17, 15) is 15.0 Å². The van der Waals surface area contributed by atoms with Gasteiger partial charge in [-0.3, -0.25) is 4.79 Å². The number of amides is 1. The van der Waals surface area contributed by atoms with E-state index in [1.807, 2.05) is 6.08 Å². The average Bonchev–Trinajstić information content (AvgIpc) is 3.28. The fourth-order valence-electron chi connectivity index (χ4n) is 8.07. The fraction of sp³-hybridized carbons (Fsp3) is 0.776. The van der Waals surface area contributed by atoms with Gasteiger partial charge in [0.25, 0.3) is 0 Å². The van der Waals surface area contributed by atoms with E-state index in [2.05, 4.69) is 79.9 Å². The highest BCUT2D eigenvalue weighted by atomic mass is 16.3. The summed E-state index contributed by atoms with van der Waals surface area (Å²) in [6, 6.07) is -0.643. The zero-order valence-electron chi connectivity index (χ0n) is 41.4. The van der Waals surface area contributed by atoms with Gasteiger partial charge in [0.2, 0.25) is 5.91 Å². The van der Waals surface area contributed by atoms with Gasteiger partial charge in [0.05, 0.1) is 18.8 Å². The molecule has 0 saturated carbocycles. The molecule has 0 radical (unpaired) electrons. The Hall–Kier alpha value is -2.17. The number of aliphatic hydroxyl groups excluding tert-OH is 2. The Morgan fingerprint density at radius 3 is 1.13 bits per heavy atom. The molecule has 0 fully saturated rings. The van der Waals surface area contributed by atoms with E-state index < -0.39 is 12.1 Å². The molecule has 0 bridgehead atoms. The summed E-state index contributed by atoms with van der Waals surface area (Å²) in [5.74, 6) is -0.0744. The van der Waals surface area contributed by atoms with E-state index in [0.29, 0.717) is 6.42 Å². The number of nitrogens with one attached hydrogen (secondary N) is 1. The van der Waals surface area contributed by atoms with Crippen molar-refractivity contribution in [3.63, 3.8) is 0 Å². The minimum Gasteiger partial charge on any atom is -0.394 e. The van der Waals surface area contributed by atoms with E-state index in [4.69, 9.17) is 0 Å². The zero-order valence-corrected chi connectivity index (χ0v) is 41.4. The lowest BCUT2D eigenvalue weighted by atomic mass is 10.0. The summed E-state index contributed by atoms with van der Waals surface area (Å²) in [5.41, 5.74) is 0. The van der Waals surface area contributed by atoms with E-state index in [1.54, 1.807) is 6.08 Å². The quantitative estimate of drug-likeness (QED) is 0.0421. The van der Waals surface area contributed by atoms with E-state index >= 15 is 0 Å². The summed E-state index contributed by atoms with van der Waals surface area (Å²) in [6.07, 6.45) is 76.2. The number of aliphatic hydroxyl groups is 2. The summed E-state index contributed by atoms with van der Waals surface area (Å²) < 4.78 is 0. The second-order valence-electron chi connectivity index (χ2n) is 18.3. The monoisotopic (exact) mass is 864 g/mol. The molecular formula is C58H105NO3. The molecule has 0 aromatic rings. The maximum absolute atomic E-state index is 12.5. The van der Waals surface area contributed by atoms with Gasteiger partial charge >= 0.3 is 0 Å². The van der Waals surface area contributed by atoms with Crippen LogP contribution in [0.15, 0.2) is 72.9 Å². The third kappa shape index (κ3) is 48.9. The third-order valence-electron chi connectivity index (χ3n) is 12.2. The number of rotatable bonds is 49. The molecule has 2 atom stereocenters. The lowest BCUT2D eigenvalue weighted by Crippen LogP contribution is -2.45. The first-order valence-corrected chi connectivity index (χ1v) is 27.2. The van der Waals surface area contributed by atoms with Gasteiger partial charge in [-0.1, -0.05) is 267 Å². The molecule has 0 rings (SSSR count). The molecule has 0 spiro atoms. The minimum absolute atomic E-state index is 0.0744. The van der Waals surface area contributed by atoms with Crippen LogP contribution in [-0.2, 0) is 4.79 Å². The second kappa shape index (κ2) is 53.2. The van der Waals surface area contributed by atoms with E-state index in [-0.39, 0.29) is 12.5 Å². The van der Waals surface area contributed by atoms with Crippen LogP contribution in [0.4, 0.5) is 0 Å². The summed E-state index contributed by atoms with van der Waals surface area (Å²) in [5, 5.41) is 23.1. The van der Waals surface area contributed by atoms with E-state index in [1.165, 1.54) is 193 Å². The number of carbonyl (C=O) groups is 1. The van der Waals surface area contributed by atoms with Gasteiger partial charge in [-0.15, -0.1) is 0 Å². The number of carbonyl (C=O) groups excluding carboxylic acids is 1. The van der Waals surface area contributed by atoms with Gasteiger partial charge in [-0.25, -0.2) is 0 Å². The molecule has 1 amide bonds. The van der Waals surface area contributed by atoms with Crippen LogP contribution in [0.1, 0.15) is 271 Å². The number of hydrogen-bond acceptors (Lipinski definition) is 3. The van der Waals surface area contributed by atoms with Crippen LogP contribution < -0.4 is 5.32 Å². The molecule has 0 aromatic carbocycles. The second-order valence-corrected chi connectivity index (χ2v) is 18.3. The molecule has 4 nitrogen and oxygen atoms in total. The van der Waals surface area contributed by atoms with Gasteiger partial charge < -0.3 is 15.5 Å². The Labute approximate surface area is 387 Å². The molecule has 62 heavy (non-hydrogen) atoms. The molecule has 0 aliphatic rings. The van der Waals surface area contributed by atoms with Crippen molar-refractivity contribution in [2.45, 2.75) is 283 Å². The molecule has 360 valence electrons. The smallest absolute Gasteiger partial charge is 0.220 e. The van der Waals surface area contributed by atoms with Crippen molar-refractivity contribution in [2.24, 2.45) is 0 Å². The van der Waals surface area contributed by atoms with E-state index in [0.717, 1.165) is 57.8 Å². The van der Waals surface area contributed by atoms with Gasteiger partial charge in [0.15, 0.2) is 0 Å². The van der Waals surface area contributed by atoms with Crippen molar-refractivity contribution in [2.75, 3.05) is 6.61 Å². The SMILES string of the molecule is CC/C=C\C/C=C\C/C=C\C/C=C\CCCCCCCCCCCCCCCCC(=O)NC(CO)C(O)/C=C/CC/C=C/CCCCCCCCCCCCCCCCCCC. The molecule has 2 unspecified atom stereocenters. The zero-order chi connectivity index (χ0) is 44.9. The van der Waals surface area contributed by atoms with Crippen molar-refractivity contribution in [1.82, 2.24) is 5.32 Å². The minimum atomic E-state index is -0.866. The average molecular weight is 864 g/mol. The van der Waals surface area contributed by atoms with Crippen molar-refractivity contribution < 1.29 is 15.0 Å². The molecule has 3 N–H and O–H groups in total. The highest BCUT2D eigenvalue weighted by molar-refractivity contribution is 5.76. The van der Waals surface area contributed by atoms with Gasteiger partial charge in [0.1, 0.15) is 0 Å². The summed E-state index contributed by atoms with van der Waals surface area (Å²) in [4.78, 5) is 12.5. The number of allylic oxidation sites excluding steroid dienone is 11.